The molecule has 0 fully saturated rings. The lowest BCUT2D eigenvalue weighted by molar-refractivity contribution is 0.269. The van der Waals surface area contributed by atoms with E-state index in [1.54, 1.807) is 6.20 Å². The van der Waals surface area contributed by atoms with Gasteiger partial charge < -0.3 is 9.64 Å². The summed E-state index contributed by atoms with van der Waals surface area (Å²) < 4.78 is 5.07. The molecule has 2 nitrogen and oxygen atoms in total. The van der Waals surface area contributed by atoms with E-state index in [2.05, 4.69) is 0 Å². The minimum absolute atomic E-state index is 0.443. The second-order valence-electron chi connectivity index (χ2n) is 2.51. The molecule has 0 unspecified atom stereocenters. The SMILES string of the molecule is ClC1=CN(c2ccccc2)CO1. The molecule has 0 atom stereocenters. The first-order chi connectivity index (χ1) is 5.86. The van der Waals surface area contributed by atoms with Gasteiger partial charge in [0.2, 0.25) is 5.22 Å². The molecule has 0 bridgehead atoms. The maximum atomic E-state index is 5.65. The van der Waals surface area contributed by atoms with E-state index < -0.39 is 0 Å². The van der Waals surface area contributed by atoms with Crippen molar-refractivity contribution in [3.8, 4) is 0 Å². The summed E-state index contributed by atoms with van der Waals surface area (Å²) in [6.45, 7) is 0.503. The Bertz CT molecular complexity index is 297. The van der Waals surface area contributed by atoms with Crippen molar-refractivity contribution >= 4 is 17.3 Å². The summed E-state index contributed by atoms with van der Waals surface area (Å²) in [6.07, 6.45) is 1.77. The number of halogens is 1. The van der Waals surface area contributed by atoms with Crippen LogP contribution in [0, 0.1) is 0 Å². The molecule has 1 aromatic carbocycles. The van der Waals surface area contributed by atoms with Gasteiger partial charge in [-0.1, -0.05) is 18.2 Å². The molecule has 0 saturated carbocycles. The number of hydrogen-bond donors (Lipinski definition) is 0. The van der Waals surface area contributed by atoms with Crippen molar-refractivity contribution in [1.82, 2.24) is 0 Å². The van der Waals surface area contributed by atoms with Gasteiger partial charge in [-0.25, -0.2) is 0 Å². The Balaban J connectivity index is 2.22. The van der Waals surface area contributed by atoms with Gasteiger partial charge >= 0.3 is 0 Å². The van der Waals surface area contributed by atoms with Crippen LogP contribution in [0.25, 0.3) is 0 Å². The average Bonchev–Trinajstić information content (AvgIpc) is 2.54. The van der Waals surface area contributed by atoms with Crippen molar-refractivity contribution in [1.29, 1.82) is 0 Å². The molecular weight excluding hydrogens is 174 g/mol. The lowest BCUT2D eigenvalue weighted by Gasteiger charge is -2.12. The van der Waals surface area contributed by atoms with Crippen molar-refractivity contribution < 1.29 is 4.74 Å². The number of hydrogen-bond acceptors (Lipinski definition) is 2. The second-order valence-corrected chi connectivity index (χ2v) is 2.88. The molecule has 12 heavy (non-hydrogen) atoms. The molecule has 0 N–H and O–H groups in total. The molecule has 0 aromatic heterocycles. The Morgan fingerprint density at radius 1 is 1.25 bits per heavy atom. The molecule has 1 aliphatic rings. The van der Waals surface area contributed by atoms with Crippen molar-refractivity contribution in [2.45, 2.75) is 0 Å². The van der Waals surface area contributed by atoms with E-state index in [1.807, 2.05) is 35.2 Å². The third-order valence-electron chi connectivity index (χ3n) is 1.69. The molecule has 2 rings (SSSR count). The molecule has 0 radical (unpaired) electrons. The van der Waals surface area contributed by atoms with Gasteiger partial charge in [0, 0.05) is 5.69 Å². The molecule has 62 valence electrons. The van der Waals surface area contributed by atoms with Crippen LogP contribution in [-0.4, -0.2) is 6.73 Å². The number of para-hydroxylation sites is 1. The molecule has 1 heterocycles. The van der Waals surface area contributed by atoms with Crippen molar-refractivity contribution in [2.75, 3.05) is 11.6 Å². The maximum absolute atomic E-state index is 5.65. The molecule has 1 aromatic rings. The first-order valence-electron chi connectivity index (χ1n) is 3.68. The predicted molar refractivity (Wildman–Crippen MR) is 48.8 cm³/mol. The first kappa shape index (κ1) is 7.50. The van der Waals surface area contributed by atoms with Crippen LogP contribution < -0.4 is 4.90 Å². The van der Waals surface area contributed by atoms with Crippen LogP contribution in [0.3, 0.4) is 0 Å². The lowest BCUT2D eigenvalue weighted by Crippen LogP contribution is -2.12. The van der Waals surface area contributed by atoms with Gasteiger partial charge in [-0.2, -0.15) is 0 Å². The van der Waals surface area contributed by atoms with Gasteiger partial charge in [-0.15, -0.1) is 0 Å². The standard InChI is InChI=1S/C9H8ClNO/c10-9-6-11(7-12-9)8-4-2-1-3-5-8/h1-6H,7H2. The van der Waals surface area contributed by atoms with Crippen molar-refractivity contribution in [3.05, 3.63) is 41.8 Å². The summed E-state index contributed by atoms with van der Waals surface area (Å²) in [5.74, 6) is 0. The average molecular weight is 182 g/mol. The third kappa shape index (κ3) is 1.38. The fraction of sp³-hybridized carbons (Fsp3) is 0.111. The summed E-state index contributed by atoms with van der Waals surface area (Å²) in [6, 6.07) is 9.96. The van der Waals surface area contributed by atoms with Gasteiger partial charge in [0.1, 0.15) is 0 Å². The Morgan fingerprint density at radius 2 is 2.00 bits per heavy atom. The van der Waals surface area contributed by atoms with Gasteiger partial charge in [0.15, 0.2) is 6.73 Å². The maximum Gasteiger partial charge on any atom is 0.205 e. The highest BCUT2D eigenvalue weighted by molar-refractivity contribution is 6.28. The van der Waals surface area contributed by atoms with Gasteiger partial charge in [-0.3, -0.25) is 0 Å². The van der Waals surface area contributed by atoms with Crippen molar-refractivity contribution in [3.63, 3.8) is 0 Å². The number of benzene rings is 1. The van der Waals surface area contributed by atoms with E-state index in [4.69, 9.17) is 16.3 Å². The fourth-order valence-corrected chi connectivity index (χ4v) is 1.26. The Morgan fingerprint density at radius 3 is 2.58 bits per heavy atom. The van der Waals surface area contributed by atoms with E-state index in [0.29, 0.717) is 11.9 Å². The Labute approximate surface area is 76.0 Å². The summed E-state index contributed by atoms with van der Waals surface area (Å²) >= 11 is 5.65. The molecule has 0 spiro atoms. The molecule has 1 aliphatic heterocycles. The van der Waals surface area contributed by atoms with E-state index in [0.717, 1.165) is 5.69 Å². The first-order valence-corrected chi connectivity index (χ1v) is 4.06. The number of nitrogens with zero attached hydrogens (tertiary/aromatic N) is 1. The number of anilines is 1. The molecule has 0 aliphatic carbocycles. The highest BCUT2D eigenvalue weighted by Crippen LogP contribution is 2.21. The fourth-order valence-electron chi connectivity index (χ4n) is 1.10. The van der Waals surface area contributed by atoms with E-state index in [1.165, 1.54) is 0 Å². The quantitative estimate of drug-likeness (QED) is 0.660. The minimum atomic E-state index is 0.443. The zero-order valence-corrected chi connectivity index (χ0v) is 7.16. The summed E-state index contributed by atoms with van der Waals surface area (Å²) in [5, 5.41) is 0.443. The smallest absolute Gasteiger partial charge is 0.205 e. The van der Waals surface area contributed by atoms with Gasteiger partial charge in [0.25, 0.3) is 0 Å². The zero-order valence-electron chi connectivity index (χ0n) is 6.40. The normalized spacial score (nSPS) is 15.8. The highest BCUT2D eigenvalue weighted by Gasteiger charge is 2.11. The van der Waals surface area contributed by atoms with Crippen molar-refractivity contribution in [2.24, 2.45) is 0 Å². The van der Waals surface area contributed by atoms with E-state index >= 15 is 0 Å². The van der Waals surface area contributed by atoms with Crippen LogP contribution in [0.4, 0.5) is 5.69 Å². The second kappa shape index (κ2) is 3.07. The van der Waals surface area contributed by atoms with Crippen LogP contribution in [0.5, 0.6) is 0 Å². The van der Waals surface area contributed by atoms with Crippen LogP contribution in [-0.2, 0) is 4.74 Å². The lowest BCUT2D eigenvalue weighted by atomic mass is 10.3. The highest BCUT2D eigenvalue weighted by atomic mass is 35.5. The van der Waals surface area contributed by atoms with E-state index in [9.17, 15) is 0 Å². The van der Waals surface area contributed by atoms with Gasteiger partial charge in [-0.05, 0) is 23.7 Å². The third-order valence-corrected chi connectivity index (χ3v) is 1.89. The molecule has 0 amide bonds. The predicted octanol–water partition coefficient (Wildman–Crippen LogP) is 2.52. The minimum Gasteiger partial charge on any atom is -0.460 e. The summed E-state index contributed by atoms with van der Waals surface area (Å²) in [7, 11) is 0. The van der Waals surface area contributed by atoms with E-state index in [-0.39, 0.29) is 0 Å². The zero-order chi connectivity index (χ0) is 8.39. The molecule has 0 saturated heterocycles. The van der Waals surface area contributed by atoms with Crippen LogP contribution in [0.2, 0.25) is 0 Å². The largest absolute Gasteiger partial charge is 0.460 e. The molecule has 3 heteroatoms. The molecular formula is C9H8ClNO. The topological polar surface area (TPSA) is 12.5 Å². The monoisotopic (exact) mass is 181 g/mol. The summed E-state index contributed by atoms with van der Waals surface area (Å²) in [4.78, 5) is 1.95. The Kier molecular flexibility index (Phi) is 1.92. The number of rotatable bonds is 1. The Hall–Kier alpha value is -1.15. The number of ether oxygens (including phenoxy) is 1. The van der Waals surface area contributed by atoms with Crippen LogP contribution >= 0.6 is 11.6 Å². The van der Waals surface area contributed by atoms with Gasteiger partial charge in [0.05, 0.1) is 6.20 Å². The van der Waals surface area contributed by atoms with Crippen LogP contribution in [0.15, 0.2) is 41.8 Å². The summed E-state index contributed by atoms with van der Waals surface area (Å²) in [5.41, 5.74) is 1.09. The van der Waals surface area contributed by atoms with Crippen LogP contribution in [0.1, 0.15) is 0 Å².